The number of nitrogens with zero attached hydrogens (tertiary/aromatic N) is 1. The van der Waals surface area contributed by atoms with Crippen molar-refractivity contribution in [2.45, 2.75) is 31.4 Å². The Kier molecular flexibility index (Phi) is 8.46. The van der Waals surface area contributed by atoms with E-state index in [1.807, 2.05) is 13.8 Å². The molecule has 25 heavy (non-hydrogen) atoms. The Morgan fingerprint density at radius 1 is 1.12 bits per heavy atom. The van der Waals surface area contributed by atoms with Gasteiger partial charge < -0.3 is 19.9 Å². The highest BCUT2D eigenvalue weighted by Crippen LogP contribution is 2.17. The number of sulfonamides is 1. The van der Waals surface area contributed by atoms with Crippen LogP contribution in [-0.4, -0.2) is 52.4 Å². The van der Waals surface area contributed by atoms with Gasteiger partial charge in [-0.25, -0.2) is 8.42 Å². The zero-order chi connectivity index (χ0) is 19.0. The molecule has 0 amide bonds. The Hall–Kier alpha value is -1.52. The average molecular weight is 374 g/mol. The van der Waals surface area contributed by atoms with Crippen molar-refractivity contribution in [1.29, 1.82) is 0 Å². The number of benzene rings is 1. The van der Waals surface area contributed by atoms with Gasteiger partial charge in [0, 0.05) is 14.2 Å². The molecule has 0 saturated carbocycles. The second-order valence-electron chi connectivity index (χ2n) is 5.81. The molecule has 0 aliphatic rings. The third-order valence-corrected chi connectivity index (χ3v) is 5.24. The fourth-order valence-corrected chi connectivity index (χ4v) is 3.16. The molecule has 0 bridgehead atoms. The number of rotatable bonds is 10. The third-order valence-electron chi connectivity index (χ3n) is 3.48. The lowest BCUT2D eigenvalue weighted by Gasteiger charge is -2.20. The minimum absolute atomic E-state index is 0.0208. The number of hydrogen-bond donors (Lipinski definition) is 1. The van der Waals surface area contributed by atoms with Crippen molar-refractivity contribution in [3.8, 4) is 0 Å². The molecule has 1 rings (SSSR count). The van der Waals surface area contributed by atoms with Gasteiger partial charge in [-0.1, -0.05) is 26.0 Å². The normalized spacial score (nSPS) is 13.2. The summed E-state index contributed by atoms with van der Waals surface area (Å²) in [5.74, 6) is -0.509. The van der Waals surface area contributed by atoms with Crippen molar-refractivity contribution in [3.05, 3.63) is 29.8 Å². The van der Waals surface area contributed by atoms with Crippen LogP contribution in [-0.2, 0) is 35.6 Å². The zero-order valence-corrected chi connectivity index (χ0v) is 15.8. The first-order chi connectivity index (χ1) is 11.7. The smallest absolute Gasteiger partial charge is 0.323 e. The Balaban J connectivity index is 2.79. The predicted octanol–water partition coefficient (Wildman–Crippen LogP) is 0.912. The molecule has 1 aromatic rings. The van der Waals surface area contributed by atoms with Crippen LogP contribution in [0.4, 0.5) is 0 Å². The Morgan fingerprint density at radius 3 is 2.08 bits per heavy atom. The van der Waals surface area contributed by atoms with Gasteiger partial charge in [0.05, 0.1) is 4.90 Å². The zero-order valence-electron chi connectivity index (χ0n) is 15.0. The average Bonchev–Trinajstić information content (AvgIpc) is 2.59. The molecule has 0 fully saturated rings. The van der Waals surface area contributed by atoms with Crippen LogP contribution in [0.5, 0.6) is 0 Å². The minimum atomic E-state index is -3.74. The summed E-state index contributed by atoms with van der Waals surface area (Å²) in [6, 6.07) is 5.37. The summed E-state index contributed by atoms with van der Waals surface area (Å²) in [4.78, 5) is 11.8. The van der Waals surface area contributed by atoms with E-state index in [0.717, 1.165) is 4.31 Å². The monoisotopic (exact) mass is 374 g/mol. The standard InChI is InChI=1S/C16H26N2O6S/c1-12(2)15(17)16(19)24-9-13-5-7-14(8-6-13)25(20,21)18(10-22-3)11-23-4/h5-8,12,15H,9-11,17H2,1-4H3. The first-order valence-corrected chi connectivity index (χ1v) is 9.17. The maximum absolute atomic E-state index is 12.5. The van der Waals surface area contributed by atoms with E-state index in [1.165, 1.54) is 26.4 Å². The van der Waals surface area contributed by atoms with Gasteiger partial charge in [0.2, 0.25) is 10.0 Å². The summed E-state index contributed by atoms with van der Waals surface area (Å²) in [6.45, 7) is 3.44. The van der Waals surface area contributed by atoms with Gasteiger partial charge in [-0.15, -0.1) is 4.31 Å². The highest BCUT2D eigenvalue weighted by atomic mass is 32.2. The summed E-state index contributed by atoms with van der Waals surface area (Å²) in [5, 5.41) is 0. The first-order valence-electron chi connectivity index (χ1n) is 7.73. The lowest BCUT2D eigenvalue weighted by atomic mass is 10.1. The van der Waals surface area contributed by atoms with E-state index in [2.05, 4.69) is 0 Å². The van der Waals surface area contributed by atoms with Gasteiger partial charge in [-0.05, 0) is 23.6 Å². The minimum Gasteiger partial charge on any atom is -0.460 e. The van der Waals surface area contributed by atoms with Gasteiger partial charge >= 0.3 is 5.97 Å². The molecule has 0 heterocycles. The lowest BCUT2D eigenvalue weighted by molar-refractivity contribution is -0.147. The Morgan fingerprint density at radius 2 is 1.64 bits per heavy atom. The van der Waals surface area contributed by atoms with Crippen molar-refractivity contribution in [1.82, 2.24) is 4.31 Å². The van der Waals surface area contributed by atoms with Crippen molar-refractivity contribution in [2.24, 2.45) is 11.7 Å². The van der Waals surface area contributed by atoms with Crippen LogP contribution >= 0.6 is 0 Å². The Bertz CT molecular complexity index is 639. The molecule has 8 nitrogen and oxygen atoms in total. The fraction of sp³-hybridized carbons (Fsp3) is 0.562. The molecule has 0 spiro atoms. The SMILES string of the molecule is COCN(COC)S(=O)(=O)c1ccc(COC(=O)C(N)C(C)C)cc1. The predicted molar refractivity (Wildman–Crippen MR) is 91.8 cm³/mol. The summed E-state index contributed by atoms with van der Waals surface area (Å²) in [7, 11) is -0.942. The molecule has 142 valence electrons. The van der Waals surface area contributed by atoms with Crippen LogP contribution in [0.15, 0.2) is 29.2 Å². The van der Waals surface area contributed by atoms with Crippen LogP contribution in [0.2, 0.25) is 0 Å². The second kappa shape index (κ2) is 9.83. The van der Waals surface area contributed by atoms with Crippen molar-refractivity contribution >= 4 is 16.0 Å². The van der Waals surface area contributed by atoms with Crippen molar-refractivity contribution in [3.63, 3.8) is 0 Å². The first kappa shape index (κ1) is 21.5. The van der Waals surface area contributed by atoms with Crippen LogP contribution < -0.4 is 5.73 Å². The van der Waals surface area contributed by atoms with E-state index in [-0.39, 0.29) is 30.9 Å². The van der Waals surface area contributed by atoms with E-state index in [9.17, 15) is 13.2 Å². The molecule has 0 radical (unpaired) electrons. The van der Waals surface area contributed by atoms with E-state index in [4.69, 9.17) is 19.9 Å². The second-order valence-corrected chi connectivity index (χ2v) is 7.75. The van der Waals surface area contributed by atoms with Crippen LogP contribution in [0.3, 0.4) is 0 Å². The maximum Gasteiger partial charge on any atom is 0.323 e. The molecular formula is C16H26N2O6S. The van der Waals surface area contributed by atoms with Gasteiger partial charge in [0.25, 0.3) is 0 Å². The van der Waals surface area contributed by atoms with E-state index >= 15 is 0 Å². The quantitative estimate of drug-likeness (QED) is 0.479. The number of carbonyl (C=O) groups is 1. The van der Waals surface area contributed by atoms with E-state index in [1.54, 1.807) is 12.1 Å². The van der Waals surface area contributed by atoms with E-state index in [0.29, 0.717) is 5.56 Å². The molecule has 9 heteroatoms. The molecule has 1 unspecified atom stereocenters. The van der Waals surface area contributed by atoms with Crippen LogP contribution in [0.1, 0.15) is 19.4 Å². The fourth-order valence-electron chi connectivity index (χ4n) is 1.89. The van der Waals surface area contributed by atoms with E-state index < -0.39 is 22.0 Å². The summed E-state index contributed by atoms with van der Waals surface area (Å²) in [5.41, 5.74) is 6.37. The van der Waals surface area contributed by atoms with Crippen molar-refractivity contribution in [2.75, 3.05) is 27.7 Å². The number of hydrogen-bond acceptors (Lipinski definition) is 7. The topological polar surface area (TPSA) is 108 Å². The number of carbonyl (C=O) groups excluding carboxylic acids is 1. The van der Waals surface area contributed by atoms with Gasteiger partial charge in [-0.2, -0.15) is 0 Å². The molecule has 0 aliphatic heterocycles. The number of ether oxygens (including phenoxy) is 3. The molecule has 1 aromatic carbocycles. The summed E-state index contributed by atoms with van der Waals surface area (Å²) >= 11 is 0. The number of nitrogens with two attached hydrogens (primary N) is 1. The summed E-state index contributed by atoms with van der Waals surface area (Å²) < 4.78 is 41.0. The summed E-state index contributed by atoms with van der Waals surface area (Å²) in [6.07, 6.45) is 0. The number of esters is 1. The van der Waals surface area contributed by atoms with Crippen LogP contribution in [0, 0.1) is 5.92 Å². The molecule has 2 N–H and O–H groups in total. The van der Waals surface area contributed by atoms with Gasteiger partial charge in [0.1, 0.15) is 26.1 Å². The largest absolute Gasteiger partial charge is 0.460 e. The Labute approximate surface area is 148 Å². The van der Waals surface area contributed by atoms with Gasteiger partial charge in [-0.3, -0.25) is 4.79 Å². The molecular weight excluding hydrogens is 348 g/mol. The van der Waals surface area contributed by atoms with Crippen LogP contribution in [0.25, 0.3) is 0 Å². The highest BCUT2D eigenvalue weighted by molar-refractivity contribution is 7.89. The number of methoxy groups -OCH3 is 2. The lowest BCUT2D eigenvalue weighted by Crippen LogP contribution is -2.36. The maximum atomic E-state index is 12.5. The highest BCUT2D eigenvalue weighted by Gasteiger charge is 2.24. The van der Waals surface area contributed by atoms with Crippen molar-refractivity contribution < 1.29 is 27.4 Å². The molecule has 0 aliphatic carbocycles. The molecule has 0 saturated heterocycles. The van der Waals surface area contributed by atoms with Gasteiger partial charge in [0.15, 0.2) is 0 Å². The molecule has 1 atom stereocenters. The molecule has 0 aromatic heterocycles. The third kappa shape index (κ3) is 6.05.